The zero-order chi connectivity index (χ0) is 11.1. The molecule has 0 spiro atoms. The Labute approximate surface area is 96.8 Å². The average Bonchev–Trinajstić information content (AvgIpc) is 2.70. The molecular weight excluding hydrogens is 208 g/mol. The minimum absolute atomic E-state index is 0.148. The van der Waals surface area contributed by atoms with E-state index >= 15 is 0 Å². The topological polar surface area (TPSA) is 41.1 Å². The first-order chi connectivity index (χ1) is 7.22. The molecule has 0 aliphatic heterocycles. The predicted molar refractivity (Wildman–Crippen MR) is 66.2 cm³/mol. The molecule has 0 aromatic rings. The van der Waals surface area contributed by atoms with Gasteiger partial charge in [0.2, 0.25) is 5.91 Å². The number of rotatable bonds is 6. The molecule has 0 saturated heterocycles. The van der Waals surface area contributed by atoms with Gasteiger partial charge in [0.05, 0.1) is 6.54 Å². The van der Waals surface area contributed by atoms with Crippen molar-refractivity contribution in [2.45, 2.75) is 43.9 Å². The van der Waals surface area contributed by atoms with Crippen molar-refractivity contribution in [3.8, 4) is 0 Å². The molecule has 4 heteroatoms. The summed E-state index contributed by atoms with van der Waals surface area (Å²) in [6.45, 7) is 3.52. The van der Waals surface area contributed by atoms with Crippen LogP contribution in [0.25, 0.3) is 0 Å². The van der Waals surface area contributed by atoms with Crippen molar-refractivity contribution in [2.24, 2.45) is 0 Å². The van der Waals surface area contributed by atoms with E-state index in [9.17, 15) is 4.79 Å². The molecule has 1 aliphatic carbocycles. The van der Waals surface area contributed by atoms with Gasteiger partial charge in [-0.25, -0.2) is 0 Å². The van der Waals surface area contributed by atoms with Crippen molar-refractivity contribution in [1.29, 1.82) is 0 Å². The first-order valence-electron chi connectivity index (χ1n) is 5.75. The highest BCUT2D eigenvalue weighted by Crippen LogP contribution is 2.17. The van der Waals surface area contributed by atoms with Crippen molar-refractivity contribution in [2.75, 3.05) is 19.3 Å². The van der Waals surface area contributed by atoms with E-state index in [1.54, 1.807) is 0 Å². The van der Waals surface area contributed by atoms with Gasteiger partial charge in [0, 0.05) is 17.8 Å². The van der Waals surface area contributed by atoms with Crippen LogP contribution >= 0.6 is 11.8 Å². The lowest BCUT2D eigenvalue weighted by Crippen LogP contribution is -2.40. The van der Waals surface area contributed by atoms with E-state index in [2.05, 4.69) is 23.8 Å². The van der Waals surface area contributed by atoms with Gasteiger partial charge in [0.1, 0.15) is 0 Å². The fourth-order valence-corrected chi connectivity index (χ4v) is 2.11. The van der Waals surface area contributed by atoms with Crippen LogP contribution in [-0.4, -0.2) is 36.5 Å². The quantitative estimate of drug-likeness (QED) is 0.724. The normalized spacial score (nSPS) is 19.1. The van der Waals surface area contributed by atoms with E-state index in [-0.39, 0.29) is 5.91 Å². The molecule has 1 saturated carbocycles. The van der Waals surface area contributed by atoms with Crippen molar-refractivity contribution in [3.05, 3.63) is 0 Å². The van der Waals surface area contributed by atoms with Crippen LogP contribution in [0.2, 0.25) is 0 Å². The van der Waals surface area contributed by atoms with Gasteiger partial charge < -0.3 is 10.6 Å². The lowest BCUT2D eigenvalue weighted by atomic mass is 10.2. The number of carbonyl (C=O) groups excluding carboxylic acids is 1. The molecule has 1 amide bonds. The molecule has 0 aromatic heterocycles. The lowest BCUT2D eigenvalue weighted by molar-refractivity contribution is -0.120. The van der Waals surface area contributed by atoms with Gasteiger partial charge >= 0.3 is 0 Å². The molecule has 1 unspecified atom stereocenters. The highest BCUT2D eigenvalue weighted by Gasteiger charge is 2.16. The standard InChI is InChI=1S/C11H22N2OS/c1-9(15-2)7-12-8-11(14)13-10-5-3-4-6-10/h9-10,12H,3-8H2,1-2H3,(H,13,14). The highest BCUT2D eigenvalue weighted by molar-refractivity contribution is 7.99. The van der Waals surface area contributed by atoms with Gasteiger partial charge in [-0.3, -0.25) is 4.79 Å². The van der Waals surface area contributed by atoms with Gasteiger partial charge in [-0.2, -0.15) is 11.8 Å². The maximum absolute atomic E-state index is 11.5. The van der Waals surface area contributed by atoms with Crippen molar-refractivity contribution < 1.29 is 4.79 Å². The molecule has 0 bridgehead atoms. The summed E-state index contributed by atoms with van der Waals surface area (Å²) in [6, 6.07) is 0.442. The van der Waals surface area contributed by atoms with Crippen LogP contribution in [0, 0.1) is 0 Å². The second kappa shape index (κ2) is 7.12. The molecule has 2 N–H and O–H groups in total. The van der Waals surface area contributed by atoms with E-state index < -0.39 is 0 Å². The monoisotopic (exact) mass is 230 g/mol. The van der Waals surface area contributed by atoms with Crippen LogP contribution in [0.3, 0.4) is 0 Å². The van der Waals surface area contributed by atoms with Crippen molar-refractivity contribution in [1.82, 2.24) is 10.6 Å². The number of thioether (sulfide) groups is 1. The molecule has 15 heavy (non-hydrogen) atoms. The summed E-state index contributed by atoms with van der Waals surface area (Å²) in [7, 11) is 0. The molecule has 1 rings (SSSR count). The van der Waals surface area contributed by atoms with Crippen LogP contribution in [0.4, 0.5) is 0 Å². The largest absolute Gasteiger partial charge is 0.352 e. The van der Waals surface area contributed by atoms with Crippen molar-refractivity contribution >= 4 is 17.7 Å². The number of hydrogen-bond donors (Lipinski definition) is 2. The fraction of sp³-hybridized carbons (Fsp3) is 0.909. The van der Waals surface area contributed by atoms with Crippen LogP contribution in [0.1, 0.15) is 32.6 Å². The number of nitrogens with one attached hydrogen (secondary N) is 2. The summed E-state index contributed by atoms with van der Waals surface area (Å²) in [5.74, 6) is 0.148. The molecule has 1 aliphatic rings. The second-order valence-corrected chi connectivity index (χ2v) is 5.50. The predicted octanol–water partition coefficient (Wildman–Crippen LogP) is 1.39. The Morgan fingerprint density at radius 3 is 2.73 bits per heavy atom. The van der Waals surface area contributed by atoms with Crippen LogP contribution in [-0.2, 0) is 4.79 Å². The SMILES string of the molecule is CSC(C)CNCC(=O)NC1CCCC1. The van der Waals surface area contributed by atoms with E-state index in [4.69, 9.17) is 0 Å². The van der Waals surface area contributed by atoms with Gasteiger partial charge in [0.25, 0.3) is 0 Å². The summed E-state index contributed by atoms with van der Waals surface area (Å²) in [6.07, 6.45) is 6.94. The molecule has 3 nitrogen and oxygen atoms in total. The molecule has 88 valence electrons. The lowest BCUT2D eigenvalue weighted by Gasteiger charge is -2.13. The van der Waals surface area contributed by atoms with Crippen LogP contribution < -0.4 is 10.6 Å². The van der Waals surface area contributed by atoms with Crippen LogP contribution in [0.15, 0.2) is 0 Å². The molecule has 0 radical (unpaired) electrons. The maximum Gasteiger partial charge on any atom is 0.234 e. The third kappa shape index (κ3) is 5.42. The van der Waals surface area contributed by atoms with E-state index in [1.165, 1.54) is 12.8 Å². The Morgan fingerprint density at radius 1 is 1.47 bits per heavy atom. The summed E-state index contributed by atoms with van der Waals surface area (Å²) in [5, 5.41) is 6.81. The van der Waals surface area contributed by atoms with Crippen molar-refractivity contribution in [3.63, 3.8) is 0 Å². The van der Waals surface area contributed by atoms with Crippen LogP contribution in [0.5, 0.6) is 0 Å². The zero-order valence-electron chi connectivity index (χ0n) is 9.71. The number of hydrogen-bond acceptors (Lipinski definition) is 3. The minimum Gasteiger partial charge on any atom is -0.352 e. The molecule has 1 atom stereocenters. The first-order valence-corrected chi connectivity index (χ1v) is 7.04. The van der Waals surface area contributed by atoms with Gasteiger partial charge in [0.15, 0.2) is 0 Å². The summed E-state index contributed by atoms with van der Waals surface area (Å²) in [4.78, 5) is 11.5. The Kier molecular flexibility index (Phi) is 6.10. The van der Waals surface area contributed by atoms with Gasteiger partial charge in [-0.1, -0.05) is 19.8 Å². The Bertz CT molecular complexity index is 193. The molecular formula is C11H22N2OS. The molecule has 1 fully saturated rings. The Hall–Kier alpha value is -0.220. The maximum atomic E-state index is 11.5. The van der Waals surface area contributed by atoms with Gasteiger partial charge in [-0.15, -0.1) is 0 Å². The molecule has 0 heterocycles. The minimum atomic E-state index is 0.148. The van der Waals surface area contributed by atoms with Gasteiger partial charge in [-0.05, 0) is 19.1 Å². The number of carbonyl (C=O) groups is 1. The van der Waals surface area contributed by atoms with E-state index in [0.717, 1.165) is 19.4 Å². The smallest absolute Gasteiger partial charge is 0.234 e. The summed E-state index contributed by atoms with van der Waals surface area (Å²) >= 11 is 1.82. The number of amides is 1. The van der Waals surface area contributed by atoms with E-state index in [0.29, 0.717) is 17.8 Å². The first kappa shape index (κ1) is 12.8. The average molecular weight is 230 g/mol. The third-order valence-electron chi connectivity index (χ3n) is 2.84. The Morgan fingerprint density at radius 2 is 2.13 bits per heavy atom. The Balaban J connectivity index is 2.02. The molecule has 0 aromatic carbocycles. The summed E-state index contributed by atoms with van der Waals surface area (Å²) in [5.41, 5.74) is 0. The van der Waals surface area contributed by atoms with E-state index in [1.807, 2.05) is 11.8 Å². The fourth-order valence-electron chi connectivity index (χ4n) is 1.82. The second-order valence-electron chi connectivity index (χ2n) is 4.23. The zero-order valence-corrected chi connectivity index (χ0v) is 10.5. The third-order valence-corrected chi connectivity index (χ3v) is 3.81. The highest BCUT2D eigenvalue weighted by atomic mass is 32.2. The summed E-state index contributed by atoms with van der Waals surface area (Å²) < 4.78 is 0.